The van der Waals surface area contributed by atoms with Gasteiger partial charge in [-0.2, -0.15) is 0 Å². The Morgan fingerprint density at radius 2 is 2.04 bits per heavy atom. The fourth-order valence-corrected chi connectivity index (χ4v) is 3.90. The lowest BCUT2D eigenvalue weighted by Gasteiger charge is -2.31. The molecule has 148 valence electrons. The Balaban J connectivity index is 1.45. The van der Waals surface area contributed by atoms with Gasteiger partial charge < -0.3 is 24.1 Å². The van der Waals surface area contributed by atoms with Crippen LogP contribution in [0.25, 0.3) is 0 Å². The molecule has 3 heterocycles. The van der Waals surface area contributed by atoms with Gasteiger partial charge in [-0.25, -0.2) is 4.98 Å². The molecule has 1 aromatic carbocycles. The van der Waals surface area contributed by atoms with Crippen LogP contribution in [0.4, 0.5) is 11.4 Å². The van der Waals surface area contributed by atoms with Crippen molar-refractivity contribution in [2.24, 2.45) is 0 Å². The van der Waals surface area contributed by atoms with E-state index in [0.717, 1.165) is 55.0 Å². The molecule has 1 N–H and O–H groups in total. The summed E-state index contributed by atoms with van der Waals surface area (Å²) in [5.74, 6) is 1.69. The Bertz CT molecular complexity index is 910. The predicted octanol–water partition coefficient (Wildman–Crippen LogP) is 3.35. The summed E-state index contributed by atoms with van der Waals surface area (Å²) in [7, 11) is 0. The number of hydrogen-bond donors (Lipinski definition) is 1. The molecule has 2 fully saturated rings. The SMILES string of the molecule is CC1(C)Cc2cc(NC(=O)c3coc(C4CC4)n3)c(N3CCOCC3)cc2O1. The molecule has 0 radical (unpaired) electrons. The van der Waals surface area contributed by atoms with E-state index >= 15 is 0 Å². The number of hydrogen-bond acceptors (Lipinski definition) is 6. The first-order valence-corrected chi connectivity index (χ1v) is 9.94. The molecule has 2 aliphatic heterocycles. The minimum Gasteiger partial charge on any atom is -0.487 e. The molecule has 2 aromatic rings. The Kier molecular flexibility index (Phi) is 4.08. The van der Waals surface area contributed by atoms with Crippen molar-refractivity contribution in [2.45, 2.75) is 44.6 Å². The third kappa shape index (κ3) is 3.35. The van der Waals surface area contributed by atoms with E-state index in [4.69, 9.17) is 13.9 Å². The molecule has 28 heavy (non-hydrogen) atoms. The topological polar surface area (TPSA) is 76.8 Å². The van der Waals surface area contributed by atoms with Crippen molar-refractivity contribution in [2.75, 3.05) is 36.5 Å². The first-order chi connectivity index (χ1) is 13.5. The lowest BCUT2D eigenvalue weighted by atomic mass is 10.0. The van der Waals surface area contributed by atoms with Crippen LogP contribution in [-0.4, -0.2) is 42.8 Å². The van der Waals surface area contributed by atoms with E-state index < -0.39 is 0 Å². The van der Waals surface area contributed by atoms with Crippen molar-refractivity contribution in [1.82, 2.24) is 4.98 Å². The third-order valence-electron chi connectivity index (χ3n) is 5.46. The molecule has 5 rings (SSSR count). The average molecular weight is 383 g/mol. The van der Waals surface area contributed by atoms with Crippen LogP contribution in [0, 0.1) is 0 Å². The molecular formula is C21H25N3O4. The smallest absolute Gasteiger partial charge is 0.277 e. The van der Waals surface area contributed by atoms with Crippen molar-refractivity contribution in [1.29, 1.82) is 0 Å². The van der Waals surface area contributed by atoms with Crippen molar-refractivity contribution < 1.29 is 18.7 Å². The van der Waals surface area contributed by atoms with Crippen molar-refractivity contribution in [3.63, 3.8) is 0 Å². The molecule has 0 unspecified atom stereocenters. The summed E-state index contributed by atoms with van der Waals surface area (Å²) in [5.41, 5.74) is 2.93. The van der Waals surface area contributed by atoms with Gasteiger partial charge in [0.1, 0.15) is 17.6 Å². The predicted molar refractivity (Wildman–Crippen MR) is 104 cm³/mol. The lowest BCUT2D eigenvalue weighted by Crippen LogP contribution is -2.36. The summed E-state index contributed by atoms with van der Waals surface area (Å²) in [6.45, 7) is 7.06. The van der Waals surface area contributed by atoms with E-state index in [0.29, 0.717) is 30.7 Å². The summed E-state index contributed by atoms with van der Waals surface area (Å²) in [6, 6.07) is 4.08. The van der Waals surface area contributed by atoms with Gasteiger partial charge in [0.15, 0.2) is 11.6 Å². The van der Waals surface area contributed by atoms with Crippen molar-refractivity contribution in [3.8, 4) is 5.75 Å². The average Bonchev–Trinajstić information content (AvgIpc) is 3.31. The summed E-state index contributed by atoms with van der Waals surface area (Å²) in [6.07, 6.45) is 4.44. The van der Waals surface area contributed by atoms with E-state index in [2.05, 4.69) is 29.0 Å². The molecule has 1 saturated carbocycles. The number of nitrogens with zero attached hydrogens (tertiary/aromatic N) is 2. The highest BCUT2D eigenvalue weighted by Gasteiger charge is 2.33. The number of oxazole rings is 1. The van der Waals surface area contributed by atoms with Gasteiger partial charge in [0.2, 0.25) is 0 Å². The molecule has 1 aromatic heterocycles. The fraction of sp³-hybridized carbons (Fsp3) is 0.524. The molecule has 0 bridgehead atoms. The van der Waals surface area contributed by atoms with Crippen LogP contribution in [0.2, 0.25) is 0 Å². The monoisotopic (exact) mass is 383 g/mol. The second-order valence-electron chi connectivity index (χ2n) is 8.41. The first-order valence-electron chi connectivity index (χ1n) is 9.94. The summed E-state index contributed by atoms with van der Waals surface area (Å²) in [5, 5.41) is 3.05. The zero-order chi connectivity index (χ0) is 19.3. The zero-order valence-corrected chi connectivity index (χ0v) is 16.3. The van der Waals surface area contributed by atoms with E-state index in [9.17, 15) is 4.79 Å². The maximum Gasteiger partial charge on any atom is 0.277 e. The van der Waals surface area contributed by atoms with Crippen molar-refractivity contribution in [3.05, 3.63) is 35.5 Å². The molecule has 7 nitrogen and oxygen atoms in total. The van der Waals surface area contributed by atoms with Gasteiger partial charge in [0.05, 0.1) is 24.6 Å². The number of fused-ring (bicyclic) bond motifs is 1. The summed E-state index contributed by atoms with van der Waals surface area (Å²) < 4.78 is 17.1. The Morgan fingerprint density at radius 1 is 1.25 bits per heavy atom. The number of morpholine rings is 1. The van der Waals surface area contributed by atoms with Crippen LogP contribution >= 0.6 is 0 Å². The molecule has 3 aliphatic rings. The van der Waals surface area contributed by atoms with E-state index in [1.807, 2.05) is 12.1 Å². The minimum absolute atomic E-state index is 0.238. The number of benzene rings is 1. The molecule has 7 heteroatoms. The van der Waals surface area contributed by atoms with Crippen LogP contribution in [0.1, 0.15) is 54.5 Å². The number of carbonyl (C=O) groups is 1. The molecular weight excluding hydrogens is 358 g/mol. The Labute approximate surface area is 164 Å². The third-order valence-corrected chi connectivity index (χ3v) is 5.46. The molecule has 1 amide bonds. The maximum atomic E-state index is 12.8. The second-order valence-corrected chi connectivity index (χ2v) is 8.41. The molecule has 1 saturated heterocycles. The number of ether oxygens (including phenoxy) is 2. The van der Waals surface area contributed by atoms with Gasteiger partial charge >= 0.3 is 0 Å². The number of carbonyl (C=O) groups excluding carboxylic acids is 1. The van der Waals surface area contributed by atoms with Gasteiger partial charge in [-0.05, 0) is 32.8 Å². The van der Waals surface area contributed by atoms with E-state index in [1.165, 1.54) is 6.26 Å². The van der Waals surface area contributed by atoms with E-state index in [-0.39, 0.29) is 11.5 Å². The quantitative estimate of drug-likeness (QED) is 0.872. The van der Waals surface area contributed by atoms with Crippen LogP contribution in [0.5, 0.6) is 5.75 Å². The normalized spacial score (nSPS) is 20.6. The van der Waals surface area contributed by atoms with Gasteiger partial charge in [-0.3, -0.25) is 4.79 Å². The van der Waals surface area contributed by atoms with Gasteiger partial charge in [0, 0.05) is 37.1 Å². The van der Waals surface area contributed by atoms with Gasteiger partial charge in [0.25, 0.3) is 5.91 Å². The summed E-state index contributed by atoms with van der Waals surface area (Å²) in [4.78, 5) is 19.4. The Morgan fingerprint density at radius 3 is 2.79 bits per heavy atom. The zero-order valence-electron chi connectivity index (χ0n) is 16.3. The van der Waals surface area contributed by atoms with Crippen LogP contribution in [-0.2, 0) is 11.2 Å². The number of aromatic nitrogens is 1. The molecule has 0 spiro atoms. The van der Waals surface area contributed by atoms with E-state index in [1.54, 1.807) is 0 Å². The highest BCUT2D eigenvalue weighted by atomic mass is 16.5. The number of rotatable bonds is 4. The number of nitrogens with one attached hydrogen (secondary N) is 1. The van der Waals surface area contributed by atoms with Crippen LogP contribution < -0.4 is 15.0 Å². The maximum absolute atomic E-state index is 12.8. The fourth-order valence-electron chi connectivity index (χ4n) is 3.90. The minimum atomic E-state index is -0.247. The first kappa shape index (κ1) is 17.6. The van der Waals surface area contributed by atoms with Crippen LogP contribution in [0.3, 0.4) is 0 Å². The highest BCUT2D eigenvalue weighted by molar-refractivity contribution is 6.04. The highest BCUT2D eigenvalue weighted by Crippen LogP contribution is 2.42. The number of amides is 1. The van der Waals surface area contributed by atoms with Gasteiger partial charge in [-0.1, -0.05) is 0 Å². The second kappa shape index (κ2) is 6.51. The Hall–Kier alpha value is -2.54. The van der Waals surface area contributed by atoms with Crippen LogP contribution in [0.15, 0.2) is 22.8 Å². The lowest BCUT2D eigenvalue weighted by molar-refractivity contribution is 0.102. The summed E-state index contributed by atoms with van der Waals surface area (Å²) >= 11 is 0. The number of anilines is 2. The molecule has 0 atom stereocenters. The van der Waals surface area contributed by atoms with Crippen molar-refractivity contribution >= 4 is 17.3 Å². The van der Waals surface area contributed by atoms with Gasteiger partial charge in [-0.15, -0.1) is 0 Å². The molecule has 1 aliphatic carbocycles. The standard InChI is InChI=1S/C21H25N3O4/c1-21(2)11-14-9-15(17(10-18(14)28-21)24-5-7-26-8-6-24)22-19(25)16-12-27-20(23-16)13-3-4-13/h9-10,12-13H,3-8,11H2,1-2H3,(H,22,25). The largest absolute Gasteiger partial charge is 0.487 e.